The van der Waals surface area contributed by atoms with Crippen LogP contribution in [0.2, 0.25) is 18.1 Å². The molecule has 0 aliphatic carbocycles. The Labute approximate surface area is 114 Å². The third-order valence-electron chi connectivity index (χ3n) is 4.09. The highest BCUT2D eigenvalue weighted by Gasteiger charge is 2.48. The lowest BCUT2D eigenvalue weighted by Gasteiger charge is -2.39. The smallest absolute Gasteiger partial charge is 0.408 e. The molecule has 2 N–H and O–H groups in total. The summed E-state index contributed by atoms with van der Waals surface area (Å²) in [6.45, 7) is 10.5. The molecule has 1 heterocycles. The van der Waals surface area contributed by atoms with Crippen molar-refractivity contribution in [2.75, 3.05) is 6.54 Å². The quantitative estimate of drug-likeness (QED) is 0.778. The number of amides is 1. The fraction of sp³-hybridized carbons (Fsp3) is 0.833. The molecule has 1 aliphatic rings. The topological polar surface area (TPSA) is 87.1 Å². The van der Waals surface area contributed by atoms with Gasteiger partial charge in [-0.05, 0) is 24.6 Å². The normalized spacial score (nSPS) is 24.6. The van der Waals surface area contributed by atoms with Crippen molar-refractivity contribution in [3.63, 3.8) is 0 Å². The molecule has 2 atom stereocenters. The highest BCUT2D eigenvalue weighted by Crippen LogP contribution is 2.39. The van der Waals surface area contributed by atoms with Crippen LogP contribution in [0.3, 0.4) is 0 Å². The summed E-state index contributed by atoms with van der Waals surface area (Å²) in [7, 11) is -2.10. The van der Waals surface area contributed by atoms with E-state index in [1.807, 2.05) is 13.1 Å². The molecule has 0 aromatic rings. The zero-order valence-electron chi connectivity index (χ0n) is 12.1. The van der Waals surface area contributed by atoms with Crippen LogP contribution >= 0.6 is 0 Å². The van der Waals surface area contributed by atoms with E-state index in [9.17, 15) is 14.7 Å². The molecule has 1 fully saturated rings. The van der Waals surface area contributed by atoms with E-state index < -0.39 is 32.5 Å². The number of carbonyl (C=O) groups is 2. The van der Waals surface area contributed by atoms with Crippen LogP contribution in [0.5, 0.6) is 0 Å². The van der Waals surface area contributed by atoms with E-state index in [1.165, 1.54) is 0 Å². The fourth-order valence-corrected chi connectivity index (χ4v) is 3.31. The van der Waals surface area contributed by atoms with Crippen LogP contribution in [0.1, 0.15) is 27.2 Å². The lowest BCUT2D eigenvalue weighted by molar-refractivity contribution is -0.144. The third kappa shape index (κ3) is 3.27. The summed E-state index contributed by atoms with van der Waals surface area (Å²) in [6.07, 6.45) is -1.31. The minimum atomic E-state index is -2.10. The molecule has 0 aromatic carbocycles. The third-order valence-corrected chi connectivity index (χ3v) is 8.60. The van der Waals surface area contributed by atoms with Gasteiger partial charge >= 0.3 is 12.1 Å². The second-order valence-electron chi connectivity index (χ2n) is 6.46. The molecule has 0 aromatic heterocycles. The van der Waals surface area contributed by atoms with E-state index in [2.05, 4.69) is 20.8 Å². The van der Waals surface area contributed by atoms with Crippen molar-refractivity contribution in [2.24, 2.45) is 0 Å². The highest BCUT2D eigenvalue weighted by atomic mass is 28.4. The molecule has 0 radical (unpaired) electrons. The summed E-state index contributed by atoms with van der Waals surface area (Å²) in [6, 6.07) is -1.09. The van der Waals surface area contributed by atoms with Gasteiger partial charge in [-0.3, -0.25) is 4.90 Å². The second kappa shape index (κ2) is 5.13. The van der Waals surface area contributed by atoms with Crippen molar-refractivity contribution < 1.29 is 24.2 Å². The van der Waals surface area contributed by atoms with Gasteiger partial charge in [0, 0.05) is 6.54 Å². The maximum absolute atomic E-state index is 11.3. The van der Waals surface area contributed by atoms with Gasteiger partial charge in [-0.15, -0.1) is 0 Å². The number of hydrogen-bond acceptors (Lipinski definition) is 3. The molecule has 0 spiro atoms. The van der Waals surface area contributed by atoms with Crippen LogP contribution in [-0.2, 0) is 9.22 Å². The summed E-state index contributed by atoms with van der Waals surface area (Å²) in [5, 5.41) is 18.2. The first kappa shape index (κ1) is 16.0. The first-order valence-corrected chi connectivity index (χ1v) is 9.28. The Morgan fingerprint density at radius 1 is 1.26 bits per heavy atom. The zero-order valence-corrected chi connectivity index (χ0v) is 13.1. The fourth-order valence-electron chi connectivity index (χ4n) is 1.95. The lowest BCUT2D eigenvalue weighted by atomic mass is 10.2. The number of nitrogens with zero attached hydrogens (tertiary/aromatic N) is 1. The maximum atomic E-state index is 11.3. The molecular formula is C12H23NO5Si. The van der Waals surface area contributed by atoms with Crippen molar-refractivity contribution in [1.29, 1.82) is 0 Å². The summed E-state index contributed by atoms with van der Waals surface area (Å²) in [4.78, 5) is 23.3. The van der Waals surface area contributed by atoms with Crippen LogP contribution in [0, 0.1) is 0 Å². The van der Waals surface area contributed by atoms with Crippen LogP contribution in [0.4, 0.5) is 4.79 Å². The molecule has 0 unspecified atom stereocenters. The van der Waals surface area contributed by atoms with Gasteiger partial charge < -0.3 is 14.6 Å². The van der Waals surface area contributed by atoms with Crippen molar-refractivity contribution in [1.82, 2.24) is 4.90 Å². The monoisotopic (exact) mass is 289 g/mol. The zero-order chi connectivity index (χ0) is 15.0. The van der Waals surface area contributed by atoms with Gasteiger partial charge in [0.15, 0.2) is 14.4 Å². The van der Waals surface area contributed by atoms with Gasteiger partial charge in [-0.1, -0.05) is 20.8 Å². The summed E-state index contributed by atoms with van der Waals surface area (Å²) in [5.41, 5.74) is 0. The summed E-state index contributed by atoms with van der Waals surface area (Å²) in [5.74, 6) is -1.14. The molecule has 110 valence electrons. The van der Waals surface area contributed by atoms with Gasteiger partial charge in [0.1, 0.15) is 0 Å². The molecule has 0 bridgehead atoms. The van der Waals surface area contributed by atoms with Gasteiger partial charge in [-0.25, -0.2) is 9.59 Å². The SMILES string of the molecule is CC(C)(C)[Si](C)(C)O[C@@H]1CCN(C(=O)O)[C@@H]1C(=O)O. The molecule has 19 heavy (non-hydrogen) atoms. The van der Waals surface area contributed by atoms with Gasteiger partial charge in [0.2, 0.25) is 0 Å². The number of aliphatic carboxylic acids is 1. The average molecular weight is 289 g/mol. The number of hydrogen-bond donors (Lipinski definition) is 2. The van der Waals surface area contributed by atoms with E-state index in [0.29, 0.717) is 6.42 Å². The van der Waals surface area contributed by atoms with E-state index in [4.69, 9.17) is 9.53 Å². The lowest BCUT2D eigenvalue weighted by Crippen LogP contribution is -2.51. The largest absolute Gasteiger partial charge is 0.480 e. The summed E-state index contributed by atoms with van der Waals surface area (Å²) >= 11 is 0. The second-order valence-corrected chi connectivity index (χ2v) is 11.2. The van der Waals surface area contributed by atoms with Gasteiger partial charge in [0.05, 0.1) is 6.10 Å². The van der Waals surface area contributed by atoms with Gasteiger partial charge in [-0.2, -0.15) is 0 Å². The minimum Gasteiger partial charge on any atom is -0.480 e. The Kier molecular flexibility index (Phi) is 4.31. The molecular weight excluding hydrogens is 266 g/mol. The molecule has 0 saturated carbocycles. The van der Waals surface area contributed by atoms with Crippen molar-refractivity contribution in [3.05, 3.63) is 0 Å². The standard InChI is InChI=1S/C12H23NO5Si/c1-12(2,3)19(4,5)18-8-6-7-13(11(16)17)9(8)10(14)15/h8-9H,6-7H2,1-5H3,(H,14,15)(H,16,17)/t8-,9+/m1/s1. The Balaban J connectivity index is 2.90. The molecule has 1 amide bonds. The summed E-state index contributed by atoms with van der Waals surface area (Å²) < 4.78 is 6.07. The predicted octanol–water partition coefficient (Wildman–Crippen LogP) is 2.21. The number of rotatable bonds is 3. The first-order valence-electron chi connectivity index (χ1n) is 6.37. The molecule has 1 saturated heterocycles. The minimum absolute atomic E-state index is 0.0350. The Hall–Kier alpha value is -1.08. The van der Waals surface area contributed by atoms with E-state index >= 15 is 0 Å². The van der Waals surface area contributed by atoms with E-state index in [-0.39, 0.29) is 11.6 Å². The number of carboxylic acid groups (broad SMARTS) is 2. The first-order chi connectivity index (χ1) is 8.47. The predicted molar refractivity (Wildman–Crippen MR) is 72.8 cm³/mol. The van der Waals surface area contributed by atoms with Crippen molar-refractivity contribution >= 4 is 20.4 Å². The molecule has 1 rings (SSSR count). The van der Waals surface area contributed by atoms with Crippen LogP contribution in [0.25, 0.3) is 0 Å². The number of carboxylic acids is 1. The van der Waals surface area contributed by atoms with Crippen molar-refractivity contribution in [3.8, 4) is 0 Å². The van der Waals surface area contributed by atoms with E-state index in [0.717, 1.165) is 4.90 Å². The maximum Gasteiger partial charge on any atom is 0.408 e. The van der Waals surface area contributed by atoms with Crippen molar-refractivity contribution in [2.45, 2.75) is 57.5 Å². The number of likely N-dealkylation sites (tertiary alicyclic amines) is 1. The Morgan fingerprint density at radius 2 is 1.79 bits per heavy atom. The van der Waals surface area contributed by atoms with Crippen LogP contribution < -0.4 is 0 Å². The van der Waals surface area contributed by atoms with Crippen LogP contribution in [0.15, 0.2) is 0 Å². The van der Waals surface area contributed by atoms with Gasteiger partial charge in [0.25, 0.3) is 0 Å². The van der Waals surface area contributed by atoms with Crippen LogP contribution in [-0.4, -0.2) is 54.2 Å². The average Bonchev–Trinajstić information content (AvgIpc) is 2.58. The molecule has 1 aliphatic heterocycles. The Bertz CT molecular complexity index is 377. The molecule has 6 nitrogen and oxygen atoms in total. The molecule has 7 heteroatoms. The highest BCUT2D eigenvalue weighted by molar-refractivity contribution is 6.74. The Morgan fingerprint density at radius 3 is 2.16 bits per heavy atom. The van der Waals surface area contributed by atoms with E-state index in [1.54, 1.807) is 0 Å².